The number of carboxylic acid groups (broad SMARTS) is 1. The summed E-state index contributed by atoms with van der Waals surface area (Å²) in [6, 6.07) is 0. The molecule has 0 saturated carbocycles. The van der Waals surface area contributed by atoms with E-state index in [1.54, 1.807) is 0 Å². The van der Waals surface area contributed by atoms with Crippen molar-refractivity contribution in [1.29, 1.82) is 0 Å². The molecule has 0 radical (unpaired) electrons. The first-order valence-corrected chi connectivity index (χ1v) is 3.34. The average Bonchev–Trinajstić information content (AvgIpc) is 2.44. The van der Waals surface area contributed by atoms with E-state index in [0.29, 0.717) is 6.42 Å². The quantitative estimate of drug-likeness (QED) is 0.537. The molecule has 0 aromatic heterocycles. The van der Waals surface area contributed by atoms with Crippen molar-refractivity contribution in [3.8, 4) is 0 Å². The number of carbonyl (C=O) groups is 1. The molecule has 0 aromatic rings. The van der Waals surface area contributed by atoms with Crippen molar-refractivity contribution in [3.05, 3.63) is 12.2 Å². The van der Waals surface area contributed by atoms with E-state index in [1.165, 1.54) is 0 Å². The van der Waals surface area contributed by atoms with Gasteiger partial charge in [0.2, 0.25) is 0 Å². The highest BCUT2D eigenvalue weighted by atomic mass is 16.5. The fraction of sp³-hybridized carbons (Fsp3) is 0.571. The van der Waals surface area contributed by atoms with E-state index in [-0.39, 0.29) is 18.1 Å². The summed E-state index contributed by atoms with van der Waals surface area (Å²) in [7, 11) is 0. The van der Waals surface area contributed by atoms with E-state index in [9.17, 15) is 4.79 Å². The van der Waals surface area contributed by atoms with Gasteiger partial charge in [-0.15, -0.1) is 0 Å². The second-order valence-electron chi connectivity index (χ2n) is 2.70. The average molecular weight is 140 g/mol. The number of ether oxygens (including phenoxy) is 1. The van der Waals surface area contributed by atoms with Crippen LogP contribution in [0.5, 0.6) is 0 Å². The maximum Gasteiger partial charge on any atom is 0.309 e. The second-order valence-corrected chi connectivity index (χ2v) is 2.70. The Balaban J connectivity index is 2.16. The highest BCUT2D eigenvalue weighted by molar-refractivity contribution is 5.72. The Morgan fingerprint density at radius 1 is 1.60 bits per heavy atom. The molecule has 0 spiro atoms. The lowest BCUT2D eigenvalue weighted by atomic mass is 9.95. The van der Waals surface area contributed by atoms with Gasteiger partial charge < -0.3 is 9.84 Å². The standard InChI is InChI=1S/C7H8O3/c8-7(9)5-3-4-1-2-6(5)10-4/h1-2,4-6H,3H2,(H,8,9)/t4-,5+,6-/m1/s1. The van der Waals surface area contributed by atoms with Gasteiger partial charge in [0.25, 0.3) is 0 Å². The number of fused-ring (bicyclic) bond motifs is 2. The predicted octanol–water partition coefficient (Wildman–Crippen LogP) is 0.415. The number of carboxylic acids is 1. The molecule has 2 rings (SSSR count). The molecule has 2 aliphatic rings. The molecular formula is C7H8O3. The molecule has 1 fully saturated rings. The van der Waals surface area contributed by atoms with E-state index in [4.69, 9.17) is 9.84 Å². The fourth-order valence-electron chi connectivity index (χ4n) is 1.51. The van der Waals surface area contributed by atoms with Crippen molar-refractivity contribution < 1.29 is 14.6 Å². The molecule has 3 atom stereocenters. The van der Waals surface area contributed by atoms with Crippen molar-refractivity contribution in [2.45, 2.75) is 18.6 Å². The Morgan fingerprint density at radius 2 is 2.40 bits per heavy atom. The lowest BCUT2D eigenvalue weighted by Gasteiger charge is -2.08. The molecule has 0 amide bonds. The maximum atomic E-state index is 10.5. The van der Waals surface area contributed by atoms with Gasteiger partial charge in [-0.2, -0.15) is 0 Å². The molecule has 0 aliphatic carbocycles. The molecule has 3 heteroatoms. The van der Waals surface area contributed by atoms with E-state index in [2.05, 4.69) is 0 Å². The van der Waals surface area contributed by atoms with Crippen molar-refractivity contribution in [3.63, 3.8) is 0 Å². The Kier molecular flexibility index (Phi) is 1.08. The lowest BCUT2D eigenvalue weighted by Crippen LogP contribution is -2.22. The zero-order valence-electron chi connectivity index (χ0n) is 5.36. The largest absolute Gasteiger partial charge is 0.481 e. The van der Waals surface area contributed by atoms with Crippen molar-refractivity contribution >= 4 is 5.97 Å². The van der Waals surface area contributed by atoms with Crippen LogP contribution in [0.3, 0.4) is 0 Å². The van der Waals surface area contributed by atoms with Crippen LogP contribution in [0.2, 0.25) is 0 Å². The summed E-state index contributed by atoms with van der Waals surface area (Å²) in [6.45, 7) is 0. The topological polar surface area (TPSA) is 46.5 Å². The molecule has 0 unspecified atom stereocenters. The normalized spacial score (nSPS) is 42.6. The Labute approximate surface area is 58.3 Å². The SMILES string of the molecule is O=C(O)[C@H]1C[C@H]2C=C[C@H]1O2. The zero-order valence-corrected chi connectivity index (χ0v) is 5.36. The van der Waals surface area contributed by atoms with Gasteiger partial charge in [-0.25, -0.2) is 0 Å². The van der Waals surface area contributed by atoms with Crippen LogP contribution in [0, 0.1) is 5.92 Å². The maximum absolute atomic E-state index is 10.5. The number of hydrogen-bond donors (Lipinski definition) is 1. The minimum Gasteiger partial charge on any atom is -0.481 e. The van der Waals surface area contributed by atoms with E-state index in [0.717, 1.165) is 0 Å². The Bertz CT molecular complexity index is 197. The van der Waals surface area contributed by atoms with Gasteiger partial charge in [0.15, 0.2) is 0 Å². The smallest absolute Gasteiger partial charge is 0.309 e. The summed E-state index contributed by atoms with van der Waals surface area (Å²) in [6.07, 6.45) is 4.35. The second kappa shape index (κ2) is 1.83. The molecule has 10 heavy (non-hydrogen) atoms. The van der Waals surface area contributed by atoms with Crippen LogP contribution in [-0.2, 0) is 9.53 Å². The van der Waals surface area contributed by atoms with Crippen LogP contribution in [-0.4, -0.2) is 23.3 Å². The summed E-state index contributed by atoms with van der Waals surface area (Å²) in [5.41, 5.74) is 0. The van der Waals surface area contributed by atoms with E-state index >= 15 is 0 Å². The summed E-state index contributed by atoms with van der Waals surface area (Å²) < 4.78 is 5.25. The molecule has 54 valence electrons. The minimum atomic E-state index is -0.739. The lowest BCUT2D eigenvalue weighted by molar-refractivity contribution is -0.142. The number of rotatable bonds is 1. The monoisotopic (exact) mass is 140 g/mol. The first kappa shape index (κ1) is 5.92. The predicted molar refractivity (Wildman–Crippen MR) is 33.5 cm³/mol. The first-order valence-electron chi connectivity index (χ1n) is 3.34. The molecule has 1 saturated heterocycles. The third kappa shape index (κ3) is 0.671. The molecule has 3 nitrogen and oxygen atoms in total. The fourth-order valence-corrected chi connectivity index (χ4v) is 1.51. The van der Waals surface area contributed by atoms with Gasteiger partial charge in [-0.3, -0.25) is 4.79 Å². The third-order valence-corrected chi connectivity index (χ3v) is 2.05. The van der Waals surface area contributed by atoms with Gasteiger partial charge in [0, 0.05) is 0 Å². The van der Waals surface area contributed by atoms with Crippen LogP contribution < -0.4 is 0 Å². The van der Waals surface area contributed by atoms with Gasteiger partial charge in [0.05, 0.1) is 18.1 Å². The highest BCUT2D eigenvalue weighted by Gasteiger charge is 2.40. The van der Waals surface area contributed by atoms with Crippen LogP contribution >= 0.6 is 0 Å². The van der Waals surface area contributed by atoms with Crippen molar-refractivity contribution in [2.24, 2.45) is 5.92 Å². The van der Waals surface area contributed by atoms with Gasteiger partial charge >= 0.3 is 5.97 Å². The molecular weight excluding hydrogens is 132 g/mol. The van der Waals surface area contributed by atoms with Crippen molar-refractivity contribution in [1.82, 2.24) is 0 Å². The molecule has 1 N–H and O–H groups in total. The van der Waals surface area contributed by atoms with E-state index in [1.807, 2.05) is 12.2 Å². The Hall–Kier alpha value is -0.830. The third-order valence-electron chi connectivity index (χ3n) is 2.05. The van der Waals surface area contributed by atoms with Crippen LogP contribution in [0.25, 0.3) is 0 Å². The summed E-state index contributed by atoms with van der Waals surface area (Å²) in [5.74, 6) is -1.04. The molecule has 2 aliphatic heterocycles. The molecule has 0 aromatic carbocycles. The van der Waals surface area contributed by atoms with Crippen molar-refractivity contribution in [2.75, 3.05) is 0 Å². The number of aliphatic carboxylic acids is 1. The van der Waals surface area contributed by atoms with Crippen LogP contribution in [0.1, 0.15) is 6.42 Å². The molecule has 2 bridgehead atoms. The van der Waals surface area contributed by atoms with Crippen LogP contribution in [0.4, 0.5) is 0 Å². The number of hydrogen-bond acceptors (Lipinski definition) is 2. The van der Waals surface area contributed by atoms with E-state index < -0.39 is 5.97 Å². The zero-order chi connectivity index (χ0) is 7.14. The van der Waals surface area contributed by atoms with Crippen LogP contribution in [0.15, 0.2) is 12.2 Å². The summed E-state index contributed by atoms with van der Waals surface area (Å²) >= 11 is 0. The van der Waals surface area contributed by atoms with Gasteiger partial charge in [-0.05, 0) is 6.42 Å². The molecule has 2 heterocycles. The summed E-state index contributed by atoms with van der Waals surface area (Å²) in [5, 5.41) is 8.62. The van der Waals surface area contributed by atoms with Gasteiger partial charge in [0.1, 0.15) is 0 Å². The highest BCUT2D eigenvalue weighted by Crippen LogP contribution is 2.33. The minimum absolute atomic E-state index is 0.0751. The first-order chi connectivity index (χ1) is 4.77. The van der Waals surface area contributed by atoms with Gasteiger partial charge in [-0.1, -0.05) is 12.2 Å². The Morgan fingerprint density at radius 3 is 2.70 bits per heavy atom. The summed E-state index contributed by atoms with van der Waals surface area (Å²) in [4.78, 5) is 10.5.